The smallest absolute Gasteiger partial charge is 0.261 e. The molecule has 0 aromatic heterocycles. The quantitative estimate of drug-likeness (QED) is 0.338. The number of fused-ring (bicyclic) bond motifs is 1. The van der Waals surface area contributed by atoms with Crippen LogP contribution in [0.3, 0.4) is 0 Å². The zero-order chi connectivity index (χ0) is 25.4. The average Bonchev–Trinajstić information content (AvgIpc) is 2.88. The molecule has 2 amide bonds. The molecule has 0 aliphatic carbocycles. The van der Waals surface area contributed by atoms with Crippen molar-refractivity contribution in [1.29, 1.82) is 0 Å². The number of halogens is 1. The van der Waals surface area contributed by atoms with Gasteiger partial charge in [0.25, 0.3) is 5.91 Å². The second kappa shape index (κ2) is 12.6. The van der Waals surface area contributed by atoms with E-state index in [1.165, 1.54) is 0 Å². The molecule has 6 nitrogen and oxygen atoms in total. The molecule has 3 aromatic rings. The summed E-state index contributed by atoms with van der Waals surface area (Å²) in [6.07, 6.45) is 1.30. The highest BCUT2D eigenvalue weighted by Gasteiger charge is 2.29. The second-order valence-electron chi connectivity index (χ2n) is 8.50. The van der Waals surface area contributed by atoms with Crippen LogP contribution in [0.1, 0.15) is 39.2 Å². The van der Waals surface area contributed by atoms with E-state index < -0.39 is 6.04 Å². The molecule has 1 N–H and O–H groups in total. The minimum absolute atomic E-state index is 0.0271. The molecule has 0 unspecified atom stereocenters. The average molecular weight is 541 g/mol. The van der Waals surface area contributed by atoms with Crippen molar-refractivity contribution < 1.29 is 19.1 Å². The van der Waals surface area contributed by atoms with Crippen molar-refractivity contribution in [2.45, 2.75) is 52.2 Å². The van der Waals surface area contributed by atoms with E-state index in [1.54, 1.807) is 12.0 Å². The first-order valence-corrected chi connectivity index (χ1v) is 12.7. The van der Waals surface area contributed by atoms with Crippen molar-refractivity contribution in [2.24, 2.45) is 0 Å². The molecule has 0 spiro atoms. The number of carbonyl (C=O) groups is 2. The fourth-order valence-corrected chi connectivity index (χ4v) is 4.44. The minimum atomic E-state index is -0.609. The van der Waals surface area contributed by atoms with Crippen LogP contribution in [0.15, 0.2) is 65.1 Å². The van der Waals surface area contributed by atoms with Crippen LogP contribution < -0.4 is 14.8 Å². The lowest BCUT2D eigenvalue weighted by molar-refractivity contribution is -0.143. The topological polar surface area (TPSA) is 67.9 Å². The van der Waals surface area contributed by atoms with Gasteiger partial charge in [-0.25, -0.2) is 0 Å². The van der Waals surface area contributed by atoms with Gasteiger partial charge in [-0.3, -0.25) is 9.59 Å². The Hall–Kier alpha value is -3.06. The first kappa shape index (κ1) is 26.5. The van der Waals surface area contributed by atoms with E-state index in [0.717, 1.165) is 33.0 Å². The zero-order valence-electron chi connectivity index (χ0n) is 20.7. The predicted octanol–water partition coefficient (Wildman–Crippen LogP) is 5.71. The van der Waals surface area contributed by atoms with Crippen LogP contribution in [0.2, 0.25) is 0 Å². The lowest BCUT2D eigenvalue weighted by Gasteiger charge is -2.31. The molecule has 186 valence electrons. The molecule has 0 saturated carbocycles. The molecule has 0 aliphatic rings. The predicted molar refractivity (Wildman–Crippen MR) is 143 cm³/mol. The van der Waals surface area contributed by atoms with Gasteiger partial charge in [0.15, 0.2) is 6.61 Å². The van der Waals surface area contributed by atoms with Crippen molar-refractivity contribution in [2.75, 3.05) is 13.7 Å². The summed E-state index contributed by atoms with van der Waals surface area (Å²) in [5.74, 6) is 0.902. The first-order valence-electron chi connectivity index (χ1n) is 11.9. The maximum absolute atomic E-state index is 13.5. The molecule has 0 bridgehead atoms. The van der Waals surface area contributed by atoms with Crippen molar-refractivity contribution >= 4 is 38.5 Å². The van der Waals surface area contributed by atoms with Gasteiger partial charge in [-0.15, -0.1) is 0 Å². The molecule has 7 heteroatoms. The molecule has 0 heterocycles. The number of nitrogens with zero attached hydrogens (tertiary/aromatic N) is 1. The Balaban J connectivity index is 1.82. The highest BCUT2D eigenvalue weighted by atomic mass is 79.9. The molecule has 2 atom stereocenters. The van der Waals surface area contributed by atoms with Gasteiger partial charge in [0.05, 0.1) is 11.6 Å². The maximum atomic E-state index is 13.5. The number of ether oxygens (including phenoxy) is 2. The summed E-state index contributed by atoms with van der Waals surface area (Å²) in [5, 5.41) is 5.10. The van der Waals surface area contributed by atoms with Crippen LogP contribution in [0.25, 0.3) is 10.8 Å². The van der Waals surface area contributed by atoms with Crippen LogP contribution in [-0.4, -0.2) is 42.5 Å². The van der Waals surface area contributed by atoms with Crippen LogP contribution >= 0.6 is 15.9 Å². The largest absolute Gasteiger partial charge is 0.497 e. The Morgan fingerprint density at radius 2 is 1.71 bits per heavy atom. The van der Waals surface area contributed by atoms with Gasteiger partial charge < -0.3 is 19.7 Å². The van der Waals surface area contributed by atoms with Crippen molar-refractivity contribution in [3.63, 3.8) is 0 Å². The SMILES string of the molecule is CC[C@H](C(=O)N[C@@H](C)CC)N(Cc1ccc(OC)cc1)C(=O)COc1ccc2ccccc2c1Br. The van der Waals surface area contributed by atoms with Gasteiger partial charge in [-0.1, -0.05) is 56.3 Å². The van der Waals surface area contributed by atoms with Gasteiger partial charge in [0.2, 0.25) is 5.91 Å². The molecule has 0 fully saturated rings. The van der Waals surface area contributed by atoms with E-state index in [-0.39, 0.29) is 31.0 Å². The van der Waals surface area contributed by atoms with E-state index in [2.05, 4.69) is 21.2 Å². The van der Waals surface area contributed by atoms with Crippen LogP contribution in [-0.2, 0) is 16.1 Å². The Labute approximate surface area is 215 Å². The highest BCUT2D eigenvalue weighted by molar-refractivity contribution is 9.10. The van der Waals surface area contributed by atoms with Crippen LogP contribution in [0.4, 0.5) is 0 Å². The minimum Gasteiger partial charge on any atom is -0.497 e. The van der Waals surface area contributed by atoms with Crippen LogP contribution in [0, 0.1) is 0 Å². The summed E-state index contributed by atoms with van der Waals surface area (Å²) in [5.41, 5.74) is 0.904. The number of benzene rings is 3. The first-order chi connectivity index (χ1) is 16.9. The molecule has 0 aliphatic heterocycles. The van der Waals surface area contributed by atoms with Crippen molar-refractivity contribution in [3.8, 4) is 11.5 Å². The fraction of sp³-hybridized carbons (Fsp3) is 0.357. The van der Waals surface area contributed by atoms with Gasteiger partial charge in [-0.2, -0.15) is 0 Å². The Morgan fingerprint density at radius 1 is 1.00 bits per heavy atom. The number of amides is 2. The van der Waals surface area contributed by atoms with E-state index >= 15 is 0 Å². The maximum Gasteiger partial charge on any atom is 0.261 e. The number of rotatable bonds is 11. The number of nitrogens with one attached hydrogen (secondary N) is 1. The van der Waals surface area contributed by atoms with Crippen molar-refractivity contribution in [3.05, 3.63) is 70.7 Å². The van der Waals surface area contributed by atoms with Gasteiger partial charge in [-0.05, 0) is 70.2 Å². The fourth-order valence-electron chi connectivity index (χ4n) is 3.84. The van der Waals surface area contributed by atoms with E-state index in [0.29, 0.717) is 12.2 Å². The molecule has 0 saturated heterocycles. The van der Waals surface area contributed by atoms with Gasteiger partial charge in [0.1, 0.15) is 17.5 Å². The van der Waals surface area contributed by atoms with Gasteiger partial charge in [0, 0.05) is 12.6 Å². The lowest BCUT2D eigenvalue weighted by Crippen LogP contribution is -2.51. The second-order valence-corrected chi connectivity index (χ2v) is 9.29. The molecular weight excluding hydrogens is 508 g/mol. The number of carbonyl (C=O) groups excluding carboxylic acids is 2. The third-order valence-corrected chi connectivity index (χ3v) is 6.90. The molecule has 3 rings (SSSR count). The summed E-state index contributed by atoms with van der Waals surface area (Å²) in [4.78, 5) is 28.1. The van der Waals surface area contributed by atoms with E-state index in [9.17, 15) is 9.59 Å². The Bertz CT molecular complexity index is 1150. The van der Waals surface area contributed by atoms with E-state index in [4.69, 9.17) is 9.47 Å². The summed E-state index contributed by atoms with van der Waals surface area (Å²) in [7, 11) is 1.61. The lowest BCUT2D eigenvalue weighted by atomic mass is 10.1. The summed E-state index contributed by atoms with van der Waals surface area (Å²) in [6.45, 7) is 6.00. The standard InChI is InChI=1S/C28H33BrN2O4/c1-5-19(3)30-28(33)24(6-2)31(17-20-11-14-22(34-4)15-12-20)26(32)18-35-25-16-13-21-9-7-8-10-23(21)27(25)29/h7-16,19,24H,5-6,17-18H2,1-4H3,(H,30,33)/t19-,24+/m0/s1. The third kappa shape index (κ3) is 6.75. The van der Waals surface area contributed by atoms with Crippen molar-refractivity contribution in [1.82, 2.24) is 10.2 Å². The normalized spacial score (nSPS) is 12.6. The molecule has 35 heavy (non-hydrogen) atoms. The molecule has 3 aromatic carbocycles. The Morgan fingerprint density at radius 3 is 2.37 bits per heavy atom. The van der Waals surface area contributed by atoms with Gasteiger partial charge >= 0.3 is 0 Å². The molecular formula is C28H33BrN2O4. The highest BCUT2D eigenvalue weighted by Crippen LogP contribution is 2.33. The third-order valence-electron chi connectivity index (χ3n) is 6.08. The monoisotopic (exact) mass is 540 g/mol. The number of methoxy groups -OCH3 is 1. The zero-order valence-corrected chi connectivity index (χ0v) is 22.3. The summed E-state index contributed by atoms with van der Waals surface area (Å²) >= 11 is 3.61. The number of hydrogen-bond donors (Lipinski definition) is 1. The van der Waals surface area contributed by atoms with Crippen LogP contribution in [0.5, 0.6) is 11.5 Å². The summed E-state index contributed by atoms with van der Waals surface area (Å²) < 4.78 is 12.0. The summed E-state index contributed by atoms with van der Waals surface area (Å²) in [6, 6.07) is 18.7. The number of hydrogen-bond acceptors (Lipinski definition) is 4. The Kier molecular flexibility index (Phi) is 9.55. The van der Waals surface area contributed by atoms with E-state index in [1.807, 2.05) is 81.4 Å². The molecule has 0 radical (unpaired) electrons.